The van der Waals surface area contributed by atoms with Crippen LogP contribution in [0.2, 0.25) is 0 Å². The molecule has 0 unspecified atom stereocenters. The van der Waals surface area contributed by atoms with Crippen LogP contribution >= 0.6 is 22.7 Å². The highest BCUT2D eigenvalue weighted by Crippen LogP contribution is 2.47. The molecule has 132 valence electrons. The van der Waals surface area contributed by atoms with Gasteiger partial charge in [-0.2, -0.15) is 0 Å². The van der Waals surface area contributed by atoms with Crippen molar-refractivity contribution in [3.8, 4) is 0 Å². The highest BCUT2D eigenvalue weighted by atomic mass is 32.1. The molecule has 1 aliphatic rings. The molecular formula is C20H18N2O2S2. The van der Waals surface area contributed by atoms with Crippen LogP contribution in [0.1, 0.15) is 43.6 Å². The summed E-state index contributed by atoms with van der Waals surface area (Å²) in [6, 6.07) is 11.5. The Hall–Kier alpha value is -2.44. The van der Waals surface area contributed by atoms with Crippen molar-refractivity contribution >= 4 is 45.2 Å². The summed E-state index contributed by atoms with van der Waals surface area (Å²) in [5.41, 5.74) is 3.99. The molecule has 0 spiro atoms. The van der Waals surface area contributed by atoms with Gasteiger partial charge in [-0.15, -0.1) is 22.7 Å². The van der Waals surface area contributed by atoms with E-state index in [2.05, 4.69) is 29.0 Å². The Morgan fingerprint density at radius 3 is 2.65 bits per heavy atom. The van der Waals surface area contributed by atoms with E-state index in [1.54, 1.807) is 11.3 Å². The minimum absolute atomic E-state index is 0.00608. The van der Waals surface area contributed by atoms with Crippen LogP contribution < -0.4 is 10.6 Å². The Bertz CT molecular complexity index is 989. The third kappa shape index (κ3) is 2.95. The zero-order valence-electron chi connectivity index (χ0n) is 14.5. The van der Waals surface area contributed by atoms with Gasteiger partial charge in [0.25, 0.3) is 5.91 Å². The first-order chi connectivity index (χ1) is 12.5. The number of rotatable bonds is 3. The summed E-state index contributed by atoms with van der Waals surface area (Å²) < 4.78 is 0. The summed E-state index contributed by atoms with van der Waals surface area (Å²) in [6.45, 7) is 4.05. The Morgan fingerprint density at radius 2 is 1.96 bits per heavy atom. The molecule has 0 fully saturated rings. The van der Waals surface area contributed by atoms with Crippen molar-refractivity contribution in [2.24, 2.45) is 0 Å². The molecule has 1 aliphatic heterocycles. The van der Waals surface area contributed by atoms with Gasteiger partial charge in [0.05, 0.1) is 9.88 Å². The summed E-state index contributed by atoms with van der Waals surface area (Å²) in [5, 5.41) is 8.76. The van der Waals surface area contributed by atoms with Crippen molar-refractivity contribution in [2.75, 3.05) is 10.6 Å². The van der Waals surface area contributed by atoms with Crippen molar-refractivity contribution in [3.63, 3.8) is 0 Å². The van der Waals surface area contributed by atoms with E-state index in [1.165, 1.54) is 21.8 Å². The fourth-order valence-electron chi connectivity index (χ4n) is 3.39. The standard InChI is InChI=1S/C20H18N2O2S2/c1-11-8-9-25-17(11)14-10-15(23)22-20-16(14)12(2)18(26-20)19(24)21-13-6-4-3-5-7-13/h3-9,14H,10H2,1-2H3,(H,21,24)(H,22,23)/t14-/m1/s1. The van der Waals surface area contributed by atoms with Gasteiger partial charge in [-0.1, -0.05) is 18.2 Å². The van der Waals surface area contributed by atoms with E-state index in [1.807, 2.05) is 37.3 Å². The van der Waals surface area contributed by atoms with Crippen LogP contribution in [0.4, 0.5) is 10.7 Å². The van der Waals surface area contributed by atoms with Crippen molar-refractivity contribution in [3.05, 3.63) is 68.2 Å². The quantitative estimate of drug-likeness (QED) is 0.658. The van der Waals surface area contributed by atoms with Crippen LogP contribution in [0, 0.1) is 13.8 Å². The molecule has 4 nitrogen and oxygen atoms in total. The lowest BCUT2D eigenvalue weighted by atomic mass is 9.88. The molecule has 2 aromatic heterocycles. The van der Waals surface area contributed by atoms with Crippen LogP contribution in [-0.2, 0) is 4.79 Å². The molecule has 0 aliphatic carbocycles. The lowest BCUT2D eigenvalue weighted by Gasteiger charge is -2.23. The molecule has 0 saturated carbocycles. The fourth-order valence-corrected chi connectivity index (χ4v) is 5.61. The molecule has 0 saturated heterocycles. The summed E-state index contributed by atoms with van der Waals surface area (Å²) in [4.78, 5) is 26.9. The van der Waals surface area contributed by atoms with E-state index in [9.17, 15) is 9.59 Å². The highest BCUT2D eigenvalue weighted by molar-refractivity contribution is 7.18. The van der Waals surface area contributed by atoms with Gasteiger partial charge in [0, 0.05) is 22.9 Å². The number of carbonyl (C=O) groups is 2. The first kappa shape index (κ1) is 17.0. The van der Waals surface area contributed by atoms with E-state index in [0.29, 0.717) is 11.3 Å². The summed E-state index contributed by atoms with van der Waals surface area (Å²) in [6.07, 6.45) is 0.422. The molecule has 3 heterocycles. The van der Waals surface area contributed by atoms with Gasteiger partial charge in [0.2, 0.25) is 5.91 Å². The largest absolute Gasteiger partial charge is 0.321 e. The molecule has 1 aromatic carbocycles. The number of carbonyl (C=O) groups excluding carboxylic acids is 2. The van der Waals surface area contributed by atoms with Crippen LogP contribution in [0.5, 0.6) is 0 Å². The number of thiophene rings is 2. The van der Waals surface area contributed by atoms with Crippen molar-refractivity contribution in [2.45, 2.75) is 26.2 Å². The van der Waals surface area contributed by atoms with Crippen LogP contribution in [0.25, 0.3) is 0 Å². The molecule has 4 rings (SSSR count). The second-order valence-corrected chi connectivity index (χ2v) is 8.36. The lowest BCUT2D eigenvalue weighted by molar-refractivity contribution is -0.116. The van der Waals surface area contributed by atoms with E-state index in [-0.39, 0.29) is 17.7 Å². The summed E-state index contributed by atoms with van der Waals surface area (Å²) >= 11 is 3.04. The molecule has 0 radical (unpaired) electrons. The maximum absolute atomic E-state index is 12.8. The number of amides is 2. The van der Waals surface area contributed by atoms with Gasteiger partial charge in [-0.3, -0.25) is 9.59 Å². The van der Waals surface area contributed by atoms with Gasteiger partial charge in [-0.25, -0.2) is 0 Å². The first-order valence-corrected chi connectivity index (χ1v) is 10.1. The van der Waals surface area contributed by atoms with Crippen molar-refractivity contribution in [1.82, 2.24) is 0 Å². The SMILES string of the molecule is Cc1ccsc1[C@@H]1CC(=O)Nc2sc(C(=O)Nc3ccccc3)c(C)c21. The predicted molar refractivity (Wildman–Crippen MR) is 108 cm³/mol. The molecule has 1 atom stereocenters. The third-order valence-corrected chi connectivity index (χ3v) is 6.99. The normalized spacial score (nSPS) is 16.1. The fraction of sp³-hybridized carbons (Fsp3) is 0.200. The van der Waals surface area contributed by atoms with Crippen molar-refractivity contribution in [1.29, 1.82) is 0 Å². The monoisotopic (exact) mass is 382 g/mol. The Morgan fingerprint density at radius 1 is 1.19 bits per heavy atom. The average molecular weight is 383 g/mol. The maximum Gasteiger partial charge on any atom is 0.266 e. The van der Waals surface area contributed by atoms with E-state index < -0.39 is 0 Å². The van der Waals surface area contributed by atoms with Crippen molar-refractivity contribution < 1.29 is 9.59 Å². The van der Waals surface area contributed by atoms with Crippen LogP contribution in [0.15, 0.2) is 41.8 Å². The number of hydrogen-bond acceptors (Lipinski definition) is 4. The summed E-state index contributed by atoms with van der Waals surface area (Å²) in [7, 11) is 0. The minimum atomic E-state index is -0.135. The predicted octanol–water partition coefficient (Wildman–Crippen LogP) is 5.15. The molecule has 2 amide bonds. The third-order valence-electron chi connectivity index (χ3n) is 4.64. The summed E-state index contributed by atoms with van der Waals surface area (Å²) in [5.74, 6) is -0.108. The lowest BCUT2D eigenvalue weighted by Crippen LogP contribution is -2.22. The zero-order chi connectivity index (χ0) is 18.3. The zero-order valence-corrected chi connectivity index (χ0v) is 16.1. The second kappa shape index (κ2) is 6.70. The minimum Gasteiger partial charge on any atom is -0.321 e. The number of anilines is 2. The molecule has 26 heavy (non-hydrogen) atoms. The first-order valence-electron chi connectivity index (χ1n) is 8.38. The van der Waals surface area contributed by atoms with Gasteiger partial charge in [-0.05, 0) is 54.1 Å². The van der Waals surface area contributed by atoms with E-state index in [0.717, 1.165) is 21.8 Å². The van der Waals surface area contributed by atoms with E-state index >= 15 is 0 Å². The average Bonchev–Trinajstić information content (AvgIpc) is 3.18. The second-order valence-electron chi connectivity index (χ2n) is 6.39. The number of hydrogen-bond donors (Lipinski definition) is 2. The smallest absolute Gasteiger partial charge is 0.266 e. The van der Waals surface area contributed by atoms with Crippen LogP contribution in [0.3, 0.4) is 0 Å². The van der Waals surface area contributed by atoms with Crippen LogP contribution in [-0.4, -0.2) is 11.8 Å². The highest BCUT2D eigenvalue weighted by Gasteiger charge is 2.34. The topological polar surface area (TPSA) is 58.2 Å². The number of benzene rings is 1. The Kier molecular flexibility index (Phi) is 4.38. The molecular weight excluding hydrogens is 364 g/mol. The molecule has 6 heteroatoms. The van der Waals surface area contributed by atoms with Gasteiger partial charge < -0.3 is 10.6 Å². The Balaban J connectivity index is 1.73. The van der Waals surface area contributed by atoms with Gasteiger partial charge >= 0.3 is 0 Å². The number of aryl methyl sites for hydroxylation is 1. The molecule has 0 bridgehead atoms. The van der Waals surface area contributed by atoms with Gasteiger partial charge in [0.1, 0.15) is 0 Å². The number of nitrogens with one attached hydrogen (secondary N) is 2. The number of fused-ring (bicyclic) bond motifs is 1. The van der Waals surface area contributed by atoms with Gasteiger partial charge in [0.15, 0.2) is 0 Å². The molecule has 2 N–H and O–H groups in total. The van der Waals surface area contributed by atoms with E-state index in [4.69, 9.17) is 0 Å². The Labute approximate surface area is 159 Å². The number of para-hydroxylation sites is 1. The molecule has 3 aromatic rings. The maximum atomic E-state index is 12.8.